The van der Waals surface area contributed by atoms with Gasteiger partial charge in [-0.1, -0.05) is 24.2 Å². The van der Waals surface area contributed by atoms with E-state index in [2.05, 4.69) is 10.1 Å². The molecule has 2 aromatic rings. The number of benzene rings is 1. The number of hydrogen-bond acceptors (Lipinski definition) is 5. The Kier molecular flexibility index (Phi) is 4.28. The highest BCUT2D eigenvalue weighted by Crippen LogP contribution is 2.14. The minimum absolute atomic E-state index is 0.146. The quantitative estimate of drug-likeness (QED) is 0.797. The van der Waals surface area contributed by atoms with Crippen LogP contribution in [0.4, 0.5) is 0 Å². The van der Waals surface area contributed by atoms with Crippen molar-refractivity contribution >= 4 is 5.78 Å². The molecule has 100 valence electrons. The van der Waals surface area contributed by atoms with Crippen molar-refractivity contribution in [3.63, 3.8) is 0 Å². The Morgan fingerprint density at radius 1 is 1.32 bits per heavy atom. The molecule has 0 fully saturated rings. The van der Waals surface area contributed by atoms with E-state index in [0.29, 0.717) is 24.6 Å². The standard InChI is InChI=1S/C14H16N2O3/c1-3-14-15-13(16-19-14)9-18-12-6-4-11(5-7-12)8-10(2)17/h4-7H,3,8-9H2,1-2H3. The van der Waals surface area contributed by atoms with E-state index in [1.807, 2.05) is 31.2 Å². The summed E-state index contributed by atoms with van der Waals surface area (Å²) in [4.78, 5) is 15.1. The third-order valence-electron chi connectivity index (χ3n) is 2.56. The molecule has 0 aliphatic rings. The van der Waals surface area contributed by atoms with Crippen molar-refractivity contribution in [1.29, 1.82) is 0 Å². The summed E-state index contributed by atoms with van der Waals surface area (Å²) in [5.74, 6) is 2.00. The molecule has 0 radical (unpaired) electrons. The van der Waals surface area contributed by atoms with Crippen LogP contribution < -0.4 is 4.74 Å². The molecule has 1 aromatic carbocycles. The topological polar surface area (TPSA) is 65.2 Å². The van der Waals surface area contributed by atoms with Gasteiger partial charge in [0.2, 0.25) is 11.7 Å². The van der Waals surface area contributed by atoms with Crippen LogP contribution >= 0.6 is 0 Å². The lowest BCUT2D eigenvalue weighted by Gasteiger charge is -2.04. The number of ether oxygens (including phenoxy) is 1. The number of ketones is 1. The van der Waals surface area contributed by atoms with E-state index in [-0.39, 0.29) is 12.4 Å². The number of nitrogens with zero attached hydrogens (tertiary/aromatic N) is 2. The molecule has 0 bridgehead atoms. The molecule has 19 heavy (non-hydrogen) atoms. The van der Waals surface area contributed by atoms with Gasteiger partial charge < -0.3 is 9.26 Å². The largest absolute Gasteiger partial charge is 0.485 e. The van der Waals surface area contributed by atoms with Crippen LogP contribution in [0.1, 0.15) is 31.1 Å². The van der Waals surface area contributed by atoms with E-state index in [1.165, 1.54) is 0 Å². The van der Waals surface area contributed by atoms with Crippen LogP contribution in [0.15, 0.2) is 28.8 Å². The van der Waals surface area contributed by atoms with Gasteiger partial charge in [0.15, 0.2) is 6.61 Å². The predicted octanol–water partition coefficient (Wildman–Crippen LogP) is 2.34. The Labute approximate surface area is 111 Å². The zero-order valence-electron chi connectivity index (χ0n) is 11.0. The van der Waals surface area contributed by atoms with Gasteiger partial charge in [0.05, 0.1) is 0 Å². The first-order chi connectivity index (χ1) is 9.17. The summed E-state index contributed by atoms with van der Waals surface area (Å²) in [6.45, 7) is 3.80. The van der Waals surface area contributed by atoms with Crippen LogP contribution in [0.3, 0.4) is 0 Å². The first kappa shape index (κ1) is 13.3. The normalized spacial score (nSPS) is 10.4. The fraction of sp³-hybridized carbons (Fsp3) is 0.357. The van der Waals surface area contributed by atoms with Gasteiger partial charge in [0, 0.05) is 12.8 Å². The molecule has 0 N–H and O–H groups in total. The van der Waals surface area contributed by atoms with Gasteiger partial charge in [-0.15, -0.1) is 0 Å². The molecule has 2 rings (SSSR count). The van der Waals surface area contributed by atoms with Crippen LogP contribution in [-0.2, 0) is 24.2 Å². The second kappa shape index (κ2) is 6.13. The number of carbonyl (C=O) groups is 1. The Bertz CT molecular complexity index is 546. The fourth-order valence-corrected chi connectivity index (χ4v) is 1.63. The van der Waals surface area contributed by atoms with E-state index in [0.717, 1.165) is 11.3 Å². The van der Waals surface area contributed by atoms with E-state index in [4.69, 9.17) is 9.26 Å². The Morgan fingerprint density at radius 3 is 2.63 bits per heavy atom. The molecular formula is C14H16N2O3. The lowest BCUT2D eigenvalue weighted by Crippen LogP contribution is -1.99. The summed E-state index contributed by atoms with van der Waals surface area (Å²) in [6, 6.07) is 7.42. The molecule has 0 amide bonds. The summed E-state index contributed by atoms with van der Waals surface area (Å²) in [5.41, 5.74) is 0.979. The molecular weight excluding hydrogens is 244 g/mol. The number of Topliss-reactive ketones (excluding diaryl/α,β-unsaturated/α-hetero) is 1. The van der Waals surface area contributed by atoms with Gasteiger partial charge in [-0.3, -0.25) is 4.79 Å². The van der Waals surface area contributed by atoms with Crippen molar-refractivity contribution in [3.8, 4) is 5.75 Å². The predicted molar refractivity (Wildman–Crippen MR) is 68.8 cm³/mol. The van der Waals surface area contributed by atoms with Gasteiger partial charge >= 0.3 is 0 Å². The SMILES string of the molecule is CCc1nc(COc2ccc(CC(C)=O)cc2)no1. The summed E-state index contributed by atoms with van der Waals surface area (Å²) in [7, 11) is 0. The highest BCUT2D eigenvalue weighted by molar-refractivity contribution is 5.78. The van der Waals surface area contributed by atoms with Crippen molar-refractivity contribution in [1.82, 2.24) is 10.1 Å². The fourth-order valence-electron chi connectivity index (χ4n) is 1.63. The number of carbonyl (C=O) groups excluding carboxylic acids is 1. The Morgan fingerprint density at radius 2 is 2.05 bits per heavy atom. The molecule has 0 unspecified atom stereocenters. The van der Waals surface area contributed by atoms with Crippen molar-refractivity contribution in [2.45, 2.75) is 33.3 Å². The van der Waals surface area contributed by atoms with Gasteiger partial charge in [-0.25, -0.2) is 0 Å². The molecule has 5 nitrogen and oxygen atoms in total. The van der Waals surface area contributed by atoms with Crippen LogP contribution in [0.2, 0.25) is 0 Å². The van der Waals surface area contributed by atoms with Gasteiger partial charge in [0.25, 0.3) is 0 Å². The second-order valence-corrected chi connectivity index (χ2v) is 4.27. The Balaban J connectivity index is 1.90. The van der Waals surface area contributed by atoms with Crippen LogP contribution in [0, 0.1) is 0 Å². The summed E-state index contributed by atoms with van der Waals surface area (Å²) in [5, 5.41) is 3.80. The van der Waals surface area contributed by atoms with Crippen LogP contribution in [0.25, 0.3) is 0 Å². The molecule has 5 heteroatoms. The average molecular weight is 260 g/mol. The first-order valence-electron chi connectivity index (χ1n) is 6.20. The summed E-state index contributed by atoms with van der Waals surface area (Å²) < 4.78 is 10.5. The molecule has 0 spiro atoms. The van der Waals surface area contributed by atoms with Gasteiger partial charge in [-0.2, -0.15) is 4.98 Å². The maximum absolute atomic E-state index is 11.0. The third-order valence-corrected chi connectivity index (χ3v) is 2.56. The number of rotatable bonds is 6. The molecule has 1 heterocycles. The van der Waals surface area contributed by atoms with Gasteiger partial charge in [0.1, 0.15) is 11.5 Å². The molecule has 0 aliphatic heterocycles. The highest BCUT2D eigenvalue weighted by atomic mass is 16.5. The molecule has 0 saturated carbocycles. The number of aromatic nitrogens is 2. The van der Waals surface area contributed by atoms with Crippen molar-refractivity contribution in [3.05, 3.63) is 41.5 Å². The van der Waals surface area contributed by atoms with E-state index >= 15 is 0 Å². The van der Waals surface area contributed by atoms with E-state index < -0.39 is 0 Å². The number of aryl methyl sites for hydroxylation is 1. The maximum Gasteiger partial charge on any atom is 0.226 e. The molecule has 1 aromatic heterocycles. The maximum atomic E-state index is 11.0. The van der Waals surface area contributed by atoms with Crippen molar-refractivity contribution < 1.29 is 14.1 Å². The smallest absolute Gasteiger partial charge is 0.226 e. The number of hydrogen-bond donors (Lipinski definition) is 0. The van der Waals surface area contributed by atoms with Gasteiger partial charge in [-0.05, 0) is 24.6 Å². The monoisotopic (exact) mass is 260 g/mol. The minimum Gasteiger partial charge on any atom is -0.485 e. The highest BCUT2D eigenvalue weighted by Gasteiger charge is 2.05. The van der Waals surface area contributed by atoms with E-state index in [1.54, 1.807) is 6.92 Å². The summed E-state index contributed by atoms with van der Waals surface area (Å²) >= 11 is 0. The lowest BCUT2D eigenvalue weighted by molar-refractivity contribution is -0.116. The lowest BCUT2D eigenvalue weighted by atomic mass is 10.1. The van der Waals surface area contributed by atoms with Crippen molar-refractivity contribution in [2.75, 3.05) is 0 Å². The van der Waals surface area contributed by atoms with Crippen LogP contribution in [0.5, 0.6) is 5.75 Å². The minimum atomic E-state index is 0.146. The molecule has 0 atom stereocenters. The van der Waals surface area contributed by atoms with Crippen LogP contribution in [-0.4, -0.2) is 15.9 Å². The average Bonchev–Trinajstić information content (AvgIpc) is 2.85. The molecule has 0 saturated heterocycles. The first-order valence-corrected chi connectivity index (χ1v) is 6.20. The van der Waals surface area contributed by atoms with Crippen molar-refractivity contribution in [2.24, 2.45) is 0 Å². The summed E-state index contributed by atoms with van der Waals surface area (Å²) in [6.07, 6.45) is 1.16. The second-order valence-electron chi connectivity index (χ2n) is 4.27. The third kappa shape index (κ3) is 3.91. The zero-order valence-corrected chi connectivity index (χ0v) is 11.0. The Hall–Kier alpha value is -2.17. The zero-order chi connectivity index (χ0) is 13.7. The molecule has 0 aliphatic carbocycles. The van der Waals surface area contributed by atoms with E-state index in [9.17, 15) is 4.79 Å².